The zero-order valence-electron chi connectivity index (χ0n) is 24.0. The predicted octanol–water partition coefficient (Wildman–Crippen LogP) is 9.40. The van der Waals surface area contributed by atoms with E-state index in [9.17, 15) is 14.5 Å². The Hall–Kier alpha value is -0.160. The number of rotatable bonds is 28. The summed E-state index contributed by atoms with van der Waals surface area (Å²) in [6.07, 6.45) is 22.6. The SMILES string of the molecule is CCCCCCCCCCCCSC(CCCCCCCC)C(C)OCC(OCCC)([PH+]=O)C(=O)O. The minimum Gasteiger partial charge on any atom is -0.476 e. The molecule has 0 aromatic carbocycles. The van der Waals surface area contributed by atoms with E-state index < -0.39 is 19.8 Å². The van der Waals surface area contributed by atoms with Crippen LogP contribution in [0.4, 0.5) is 0 Å². The number of aliphatic carboxylic acids is 1. The molecular weight excluding hydrogens is 491 g/mol. The molecule has 214 valence electrons. The van der Waals surface area contributed by atoms with Crippen molar-refractivity contribution in [3.63, 3.8) is 0 Å². The first-order chi connectivity index (χ1) is 17.5. The summed E-state index contributed by atoms with van der Waals surface area (Å²) in [7, 11) is -1.10. The summed E-state index contributed by atoms with van der Waals surface area (Å²) in [4.78, 5) is 11.8. The normalized spacial score (nSPS) is 15.1. The number of thioether (sulfide) groups is 1. The quantitative estimate of drug-likeness (QED) is 0.0774. The smallest absolute Gasteiger partial charge is 0.390 e. The van der Waals surface area contributed by atoms with Crippen molar-refractivity contribution < 1.29 is 23.9 Å². The van der Waals surface area contributed by atoms with Gasteiger partial charge in [0.1, 0.15) is 6.61 Å². The second kappa shape index (κ2) is 25.1. The van der Waals surface area contributed by atoms with E-state index in [1.54, 1.807) is 0 Å². The molecule has 0 fully saturated rings. The van der Waals surface area contributed by atoms with Crippen molar-refractivity contribution in [1.29, 1.82) is 0 Å². The highest BCUT2D eigenvalue weighted by molar-refractivity contribution is 7.99. The van der Waals surface area contributed by atoms with Gasteiger partial charge >= 0.3 is 19.8 Å². The largest absolute Gasteiger partial charge is 0.476 e. The van der Waals surface area contributed by atoms with Gasteiger partial charge in [0.15, 0.2) is 0 Å². The number of carbonyl (C=O) groups is 1. The van der Waals surface area contributed by atoms with Crippen molar-refractivity contribution in [3.05, 3.63) is 0 Å². The van der Waals surface area contributed by atoms with E-state index in [0.717, 1.165) is 12.2 Å². The molecule has 36 heavy (non-hydrogen) atoms. The second-order valence-electron chi connectivity index (χ2n) is 10.2. The average molecular weight is 550 g/mol. The van der Waals surface area contributed by atoms with Crippen LogP contribution in [0.2, 0.25) is 0 Å². The monoisotopic (exact) mass is 549 g/mol. The molecule has 0 aliphatic rings. The van der Waals surface area contributed by atoms with Gasteiger partial charge in [-0.25, -0.2) is 4.79 Å². The van der Waals surface area contributed by atoms with Crippen molar-refractivity contribution >= 4 is 26.2 Å². The molecular formula is C29H58O5PS+. The van der Waals surface area contributed by atoms with E-state index >= 15 is 0 Å². The van der Waals surface area contributed by atoms with Gasteiger partial charge in [0.05, 0.1) is 12.7 Å². The summed E-state index contributed by atoms with van der Waals surface area (Å²) in [5.74, 6) is -0.0910. The van der Waals surface area contributed by atoms with Crippen LogP contribution in [-0.4, -0.2) is 46.7 Å². The third-order valence-electron chi connectivity index (χ3n) is 6.81. The molecule has 0 spiro atoms. The maximum atomic E-state index is 11.8. The van der Waals surface area contributed by atoms with Gasteiger partial charge in [0.2, 0.25) is 0 Å². The number of carboxylic acid groups (broad SMARTS) is 1. The Labute approximate surface area is 228 Å². The van der Waals surface area contributed by atoms with Gasteiger partial charge in [0, 0.05) is 5.25 Å². The van der Waals surface area contributed by atoms with Crippen molar-refractivity contribution in [1.82, 2.24) is 0 Å². The lowest BCUT2D eigenvalue weighted by Gasteiger charge is -2.26. The highest BCUT2D eigenvalue weighted by atomic mass is 32.2. The zero-order valence-corrected chi connectivity index (χ0v) is 25.8. The molecule has 1 N–H and O–H groups in total. The maximum absolute atomic E-state index is 11.8. The number of hydrogen-bond donors (Lipinski definition) is 1. The topological polar surface area (TPSA) is 72.8 Å². The lowest BCUT2D eigenvalue weighted by molar-refractivity contribution is -0.162. The second-order valence-corrected chi connectivity index (χ2v) is 12.6. The molecule has 0 aromatic heterocycles. The highest BCUT2D eigenvalue weighted by Crippen LogP contribution is 2.30. The molecule has 0 saturated heterocycles. The van der Waals surface area contributed by atoms with Crippen LogP contribution in [0.3, 0.4) is 0 Å². The number of unbranched alkanes of at least 4 members (excludes halogenated alkanes) is 14. The molecule has 5 nitrogen and oxygen atoms in total. The third kappa shape index (κ3) is 18.2. The molecule has 0 heterocycles. The molecule has 0 aliphatic heterocycles. The van der Waals surface area contributed by atoms with Gasteiger partial charge in [-0.2, -0.15) is 11.8 Å². The molecule has 0 amide bonds. The van der Waals surface area contributed by atoms with Gasteiger partial charge in [-0.3, -0.25) is 0 Å². The van der Waals surface area contributed by atoms with Gasteiger partial charge in [-0.1, -0.05) is 122 Å². The average Bonchev–Trinajstić information content (AvgIpc) is 2.88. The molecule has 0 bridgehead atoms. The summed E-state index contributed by atoms with van der Waals surface area (Å²) in [5.41, 5.74) is 0. The van der Waals surface area contributed by atoms with Crippen LogP contribution in [-0.2, 0) is 18.8 Å². The molecule has 4 unspecified atom stereocenters. The molecule has 0 aliphatic carbocycles. The molecule has 4 atom stereocenters. The summed E-state index contributed by atoms with van der Waals surface area (Å²) in [5, 5.41) is 8.23. The summed E-state index contributed by atoms with van der Waals surface area (Å²) in [6, 6.07) is 0. The molecule has 0 radical (unpaired) electrons. The zero-order chi connectivity index (χ0) is 26.9. The lowest BCUT2D eigenvalue weighted by Crippen LogP contribution is -2.43. The Morgan fingerprint density at radius 2 is 1.31 bits per heavy atom. The fraction of sp³-hybridized carbons (Fsp3) is 0.966. The fourth-order valence-corrected chi connectivity index (χ4v) is 6.05. The molecule has 0 aromatic rings. The van der Waals surface area contributed by atoms with Crippen molar-refractivity contribution in [2.75, 3.05) is 19.0 Å². The number of ether oxygens (including phenoxy) is 2. The predicted molar refractivity (Wildman–Crippen MR) is 157 cm³/mol. The van der Waals surface area contributed by atoms with E-state index in [-0.39, 0.29) is 19.3 Å². The fourth-order valence-electron chi connectivity index (χ4n) is 4.30. The summed E-state index contributed by atoms with van der Waals surface area (Å²) < 4.78 is 23.3. The van der Waals surface area contributed by atoms with E-state index in [2.05, 4.69) is 13.8 Å². The van der Waals surface area contributed by atoms with E-state index in [4.69, 9.17) is 9.47 Å². The minimum atomic E-state index is -1.75. The van der Waals surface area contributed by atoms with Gasteiger partial charge in [-0.15, -0.1) is 0 Å². The maximum Gasteiger partial charge on any atom is 0.390 e. The lowest BCUT2D eigenvalue weighted by atomic mass is 10.1. The van der Waals surface area contributed by atoms with Crippen LogP contribution in [0.1, 0.15) is 143 Å². The van der Waals surface area contributed by atoms with Crippen molar-refractivity contribution in [3.8, 4) is 0 Å². The Bertz CT molecular complexity index is 522. The molecule has 0 saturated carbocycles. The van der Waals surface area contributed by atoms with Crippen LogP contribution in [0.5, 0.6) is 0 Å². The Kier molecular flexibility index (Phi) is 25.0. The number of hydrogen-bond acceptors (Lipinski definition) is 5. The van der Waals surface area contributed by atoms with Gasteiger partial charge in [-0.05, 0) is 31.9 Å². The van der Waals surface area contributed by atoms with E-state index in [1.807, 2.05) is 25.6 Å². The van der Waals surface area contributed by atoms with Gasteiger partial charge in [0.25, 0.3) is 0 Å². The number of carboxylic acids is 1. The van der Waals surface area contributed by atoms with Crippen LogP contribution in [0.15, 0.2) is 0 Å². The molecule has 0 rings (SSSR count). The Morgan fingerprint density at radius 3 is 1.78 bits per heavy atom. The van der Waals surface area contributed by atoms with E-state index in [1.165, 1.54) is 103 Å². The minimum absolute atomic E-state index is 0.103. The highest BCUT2D eigenvalue weighted by Gasteiger charge is 2.50. The summed E-state index contributed by atoms with van der Waals surface area (Å²) in [6.45, 7) is 8.54. The summed E-state index contributed by atoms with van der Waals surface area (Å²) >= 11 is 1.97. The molecule has 7 heteroatoms. The van der Waals surface area contributed by atoms with Crippen molar-refractivity contribution in [2.24, 2.45) is 0 Å². The Morgan fingerprint density at radius 1 is 0.806 bits per heavy atom. The first-order valence-corrected chi connectivity index (χ1v) is 16.9. The van der Waals surface area contributed by atoms with Crippen LogP contribution < -0.4 is 0 Å². The van der Waals surface area contributed by atoms with Crippen LogP contribution in [0.25, 0.3) is 0 Å². The van der Waals surface area contributed by atoms with Crippen LogP contribution in [0, 0.1) is 0 Å². The third-order valence-corrected chi connectivity index (χ3v) is 9.21. The standard InChI is InChI=1S/C29H57O5PS/c1-5-8-10-12-14-15-16-17-19-21-24-36-27(22-20-18-13-11-9-6-2)26(4)33-25-29(35-32,28(30)31)34-23-7-3/h26-27H,5-25H2,1-4H3,(H,30,31)/p+1. The first kappa shape index (κ1) is 35.8. The van der Waals surface area contributed by atoms with Gasteiger partial charge < -0.3 is 14.6 Å². The van der Waals surface area contributed by atoms with Crippen molar-refractivity contribution in [2.45, 2.75) is 160 Å². The van der Waals surface area contributed by atoms with E-state index in [0.29, 0.717) is 11.7 Å². The first-order valence-electron chi connectivity index (χ1n) is 15.0. The Balaban J connectivity index is 4.54. The van der Waals surface area contributed by atoms with Crippen LogP contribution >= 0.6 is 20.2 Å².